The minimum Gasteiger partial charge on any atom is -0.487 e. The van der Waals surface area contributed by atoms with Gasteiger partial charge in [0.25, 0.3) is 0 Å². The highest BCUT2D eigenvalue weighted by Crippen LogP contribution is 2.17. The zero-order valence-corrected chi connectivity index (χ0v) is 15.0. The van der Waals surface area contributed by atoms with Crippen molar-refractivity contribution in [2.45, 2.75) is 45.9 Å². The summed E-state index contributed by atoms with van der Waals surface area (Å²) in [6, 6.07) is 5.71. The van der Waals surface area contributed by atoms with Gasteiger partial charge in [-0.25, -0.2) is 4.79 Å². The van der Waals surface area contributed by atoms with Gasteiger partial charge in [0.15, 0.2) is 0 Å². The second-order valence-corrected chi connectivity index (χ2v) is 6.62. The van der Waals surface area contributed by atoms with Gasteiger partial charge in [-0.2, -0.15) is 5.10 Å². The Morgan fingerprint density at radius 2 is 2.32 bits per heavy atom. The Morgan fingerprint density at radius 3 is 3.00 bits per heavy atom. The molecule has 0 unspecified atom stereocenters. The first-order valence-electron chi connectivity index (χ1n) is 8.64. The van der Waals surface area contributed by atoms with Crippen LogP contribution < -0.4 is 10.1 Å². The highest BCUT2D eigenvalue weighted by atomic mass is 16.5. The van der Waals surface area contributed by atoms with Crippen molar-refractivity contribution in [1.82, 2.24) is 25.0 Å². The van der Waals surface area contributed by atoms with Crippen LogP contribution in [-0.4, -0.2) is 50.9 Å². The average molecular weight is 343 g/mol. The average Bonchev–Trinajstić information content (AvgIpc) is 3.15. The summed E-state index contributed by atoms with van der Waals surface area (Å²) in [7, 11) is 0. The van der Waals surface area contributed by atoms with Crippen LogP contribution in [0.25, 0.3) is 0 Å². The summed E-state index contributed by atoms with van der Waals surface area (Å²) in [5.41, 5.74) is 2.09. The van der Waals surface area contributed by atoms with Crippen LogP contribution >= 0.6 is 0 Å². The minimum atomic E-state index is -0.0497. The maximum absolute atomic E-state index is 12.5. The molecule has 3 heterocycles. The number of aryl methyl sites for hydroxylation is 2. The fourth-order valence-corrected chi connectivity index (χ4v) is 3.09. The summed E-state index contributed by atoms with van der Waals surface area (Å²) in [4.78, 5) is 18.3. The maximum atomic E-state index is 12.5. The van der Waals surface area contributed by atoms with E-state index in [9.17, 15) is 4.79 Å². The predicted molar refractivity (Wildman–Crippen MR) is 94.5 cm³/mol. The number of likely N-dealkylation sites (tertiary alicyclic amines) is 1. The van der Waals surface area contributed by atoms with Gasteiger partial charge in [-0.05, 0) is 39.0 Å². The number of nitrogens with one attached hydrogen (secondary N) is 1. The van der Waals surface area contributed by atoms with Crippen LogP contribution in [0.2, 0.25) is 0 Å². The molecule has 0 aliphatic carbocycles. The third-order valence-corrected chi connectivity index (χ3v) is 4.29. The monoisotopic (exact) mass is 343 g/mol. The van der Waals surface area contributed by atoms with Gasteiger partial charge in [-0.15, -0.1) is 0 Å². The lowest BCUT2D eigenvalue weighted by atomic mass is 10.3. The van der Waals surface area contributed by atoms with E-state index in [2.05, 4.69) is 15.4 Å². The number of amides is 2. The molecule has 3 rings (SSSR count). The van der Waals surface area contributed by atoms with Crippen LogP contribution in [0.5, 0.6) is 5.75 Å². The van der Waals surface area contributed by atoms with Gasteiger partial charge >= 0.3 is 6.03 Å². The number of pyridine rings is 1. The zero-order chi connectivity index (χ0) is 17.8. The molecular weight excluding hydrogens is 318 g/mol. The van der Waals surface area contributed by atoms with Crippen molar-refractivity contribution in [3.8, 4) is 5.75 Å². The Bertz CT molecular complexity index is 716. The number of ether oxygens (including phenoxy) is 1. The molecule has 7 heteroatoms. The van der Waals surface area contributed by atoms with E-state index in [0.717, 1.165) is 23.6 Å². The smallest absolute Gasteiger partial charge is 0.317 e. The van der Waals surface area contributed by atoms with Crippen LogP contribution in [0, 0.1) is 13.8 Å². The van der Waals surface area contributed by atoms with Crippen molar-refractivity contribution in [3.05, 3.63) is 42.0 Å². The van der Waals surface area contributed by atoms with Gasteiger partial charge in [0.1, 0.15) is 11.9 Å². The lowest BCUT2D eigenvalue weighted by Gasteiger charge is -2.21. The lowest BCUT2D eigenvalue weighted by Crippen LogP contribution is -2.44. The number of hydrogen-bond donors (Lipinski definition) is 1. The van der Waals surface area contributed by atoms with Crippen LogP contribution in [0.4, 0.5) is 4.79 Å². The Hall–Kier alpha value is -2.57. The molecule has 0 spiro atoms. The third kappa shape index (κ3) is 4.49. The van der Waals surface area contributed by atoms with Crippen molar-refractivity contribution < 1.29 is 9.53 Å². The van der Waals surface area contributed by atoms with Crippen molar-refractivity contribution in [1.29, 1.82) is 0 Å². The van der Waals surface area contributed by atoms with Gasteiger partial charge in [-0.1, -0.05) is 0 Å². The summed E-state index contributed by atoms with van der Waals surface area (Å²) < 4.78 is 7.81. The second-order valence-electron chi connectivity index (χ2n) is 6.62. The fraction of sp³-hybridized carbons (Fsp3) is 0.500. The normalized spacial score (nSPS) is 18.2. The largest absolute Gasteiger partial charge is 0.487 e. The van der Waals surface area contributed by atoms with Gasteiger partial charge in [0, 0.05) is 30.9 Å². The van der Waals surface area contributed by atoms with Crippen molar-refractivity contribution in [2.75, 3.05) is 13.1 Å². The van der Waals surface area contributed by atoms with E-state index in [-0.39, 0.29) is 18.2 Å². The predicted octanol–water partition coefficient (Wildman–Crippen LogP) is 2.15. The van der Waals surface area contributed by atoms with E-state index in [1.54, 1.807) is 17.3 Å². The molecular formula is C18H25N5O2. The number of hydrogen-bond acceptors (Lipinski definition) is 4. The number of carbonyl (C=O) groups excluding carboxylic acids is 1. The number of aromatic nitrogens is 3. The number of carbonyl (C=O) groups is 1. The molecule has 7 nitrogen and oxygen atoms in total. The van der Waals surface area contributed by atoms with E-state index in [4.69, 9.17) is 4.74 Å². The van der Waals surface area contributed by atoms with Crippen molar-refractivity contribution in [3.63, 3.8) is 0 Å². The third-order valence-electron chi connectivity index (χ3n) is 4.29. The second kappa shape index (κ2) is 7.55. The van der Waals surface area contributed by atoms with Crippen LogP contribution in [0.15, 0.2) is 30.6 Å². The van der Waals surface area contributed by atoms with Crippen molar-refractivity contribution >= 4 is 6.03 Å². The number of rotatable bonds is 5. The van der Waals surface area contributed by atoms with Crippen molar-refractivity contribution in [2.24, 2.45) is 0 Å². The number of nitrogens with zero attached hydrogens (tertiary/aromatic N) is 4. The first-order valence-corrected chi connectivity index (χ1v) is 8.64. The molecule has 1 fully saturated rings. The van der Waals surface area contributed by atoms with Gasteiger partial charge in [0.2, 0.25) is 0 Å². The molecule has 1 saturated heterocycles. The quantitative estimate of drug-likeness (QED) is 0.903. The molecule has 0 bridgehead atoms. The van der Waals surface area contributed by atoms with E-state index >= 15 is 0 Å². The molecule has 0 saturated carbocycles. The molecule has 2 aromatic heterocycles. The minimum absolute atomic E-state index is 0.00351. The Labute approximate surface area is 148 Å². The van der Waals surface area contributed by atoms with Crippen LogP contribution in [-0.2, 0) is 6.54 Å². The van der Waals surface area contributed by atoms with Gasteiger partial charge < -0.3 is 15.0 Å². The summed E-state index contributed by atoms with van der Waals surface area (Å²) in [6.07, 6.45) is 4.25. The number of urea groups is 1. The zero-order valence-electron chi connectivity index (χ0n) is 15.0. The Balaban J connectivity index is 1.47. The SMILES string of the molecule is Cc1cc(C)n(C[C@@H](C)NC(=O)N2CC[C@H](Oc3cccnc3)C2)n1. The molecule has 134 valence electrons. The highest BCUT2D eigenvalue weighted by Gasteiger charge is 2.28. The first-order chi connectivity index (χ1) is 12.0. The summed E-state index contributed by atoms with van der Waals surface area (Å²) >= 11 is 0. The molecule has 0 aromatic carbocycles. The Kier molecular flexibility index (Phi) is 5.21. The molecule has 2 aromatic rings. The van der Waals surface area contributed by atoms with Crippen LogP contribution in [0.1, 0.15) is 24.7 Å². The summed E-state index contributed by atoms with van der Waals surface area (Å²) in [5, 5.41) is 7.49. The summed E-state index contributed by atoms with van der Waals surface area (Å²) in [6.45, 7) is 7.94. The molecule has 0 radical (unpaired) electrons. The topological polar surface area (TPSA) is 72.3 Å². The molecule has 1 N–H and O–H groups in total. The van der Waals surface area contributed by atoms with Gasteiger partial charge in [0.05, 0.1) is 25.0 Å². The Morgan fingerprint density at radius 1 is 1.48 bits per heavy atom. The van der Waals surface area contributed by atoms with E-state index in [0.29, 0.717) is 19.6 Å². The standard InChI is InChI=1S/C18H25N5O2/c1-13-9-15(3)23(21-13)11-14(2)20-18(24)22-8-6-17(12-22)25-16-5-4-7-19-10-16/h4-5,7,9-10,14,17H,6,8,11-12H2,1-3H3,(H,20,24)/t14-,17+/m1/s1. The molecule has 2 amide bonds. The summed E-state index contributed by atoms with van der Waals surface area (Å²) in [5.74, 6) is 0.743. The van der Waals surface area contributed by atoms with Gasteiger partial charge in [-0.3, -0.25) is 9.67 Å². The molecule has 2 atom stereocenters. The van der Waals surface area contributed by atoms with E-state index < -0.39 is 0 Å². The highest BCUT2D eigenvalue weighted by molar-refractivity contribution is 5.74. The molecule has 1 aliphatic rings. The maximum Gasteiger partial charge on any atom is 0.317 e. The van der Waals surface area contributed by atoms with Crippen LogP contribution in [0.3, 0.4) is 0 Å². The molecule has 1 aliphatic heterocycles. The first kappa shape index (κ1) is 17.3. The van der Waals surface area contributed by atoms with E-state index in [1.165, 1.54) is 0 Å². The lowest BCUT2D eigenvalue weighted by molar-refractivity contribution is 0.183. The van der Waals surface area contributed by atoms with E-state index in [1.807, 2.05) is 43.7 Å². The fourth-order valence-electron chi connectivity index (χ4n) is 3.09. The molecule has 25 heavy (non-hydrogen) atoms.